The first-order valence-electron chi connectivity index (χ1n) is 8.81. The number of likely N-dealkylation sites (tertiary alicyclic amines) is 1. The molecule has 1 aromatic rings. The maximum atomic E-state index is 10.0. The van der Waals surface area contributed by atoms with Gasteiger partial charge in [0, 0.05) is 12.6 Å². The monoisotopic (exact) mass is 299 g/mol. The summed E-state index contributed by atoms with van der Waals surface area (Å²) >= 11 is 0. The Bertz CT molecular complexity index is 498. The highest BCUT2D eigenvalue weighted by molar-refractivity contribution is 5.20. The van der Waals surface area contributed by atoms with Crippen LogP contribution >= 0.6 is 0 Å². The number of nitrogens with zero attached hydrogens (tertiary/aromatic N) is 1. The van der Waals surface area contributed by atoms with E-state index in [-0.39, 0.29) is 12.6 Å². The smallest absolute Gasteiger partial charge is 0.0628 e. The maximum absolute atomic E-state index is 10.0. The van der Waals surface area contributed by atoms with Crippen LogP contribution in [0.5, 0.6) is 0 Å². The first-order valence-corrected chi connectivity index (χ1v) is 8.81. The van der Waals surface area contributed by atoms with E-state index in [1.54, 1.807) is 0 Å². The molecule has 22 heavy (non-hydrogen) atoms. The normalized spacial score (nSPS) is 31.1. The van der Waals surface area contributed by atoms with Gasteiger partial charge in [-0.1, -0.05) is 42.5 Å². The van der Waals surface area contributed by atoms with E-state index in [4.69, 9.17) is 0 Å². The van der Waals surface area contributed by atoms with Crippen LogP contribution in [0, 0.1) is 5.41 Å². The number of rotatable bonds is 3. The Labute approximate surface area is 134 Å². The van der Waals surface area contributed by atoms with Crippen LogP contribution in [0.15, 0.2) is 42.5 Å². The first-order chi connectivity index (χ1) is 10.7. The highest BCUT2D eigenvalue weighted by Crippen LogP contribution is 2.44. The van der Waals surface area contributed by atoms with Gasteiger partial charge in [-0.3, -0.25) is 4.90 Å². The molecule has 1 aliphatic heterocycles. The summed E-state index contributed by atoms with van der Waals surface area (Å²) in [5.74, 6) is 0. The fourth-order valence-electron chi connectivity index (χ4n) is 4.32. The largest absolute Gasteiger partial charge is 0.394 e. The molecule has 1 aromatic carbocycles. The molecule has 1 aliphatic carbocycles. The molecule has 2 aliphatic rings. The second-order valence-corrected chi connectivity index (χ2v) is 7.24. The SMILES string of the molecule is C[C@H]1CC[C@@]2(CC=CCCC2)CN1[C@H](CO)c1ccccc1. The Kier molecular flexibility index (Phi) is 5.00. The minimum atomic E-state index is 0.139. The minimum Gasteiger partial charge on any atom is -0.394 e. The standard InChI is InChI=1S/C20H29NO/c1-17-11-14-20(12-7-2-3-8-13-20)16-21(17)19(15-22)18-9-5-4-6-10-18/h2,4-7,9-10,17,19,22H,3,8,11-16H2,1H3/t17-,19+,20-/m0/s1. The highest BCUT2D eigenvalue weighted by atomic mass is 16.3. The van der Waals surface area contributed by atoms with Crippen LogP contribution in [0.4, 0.5) is 0 Å². The van der Waals surface area contributed by atoms with Gasteiger partial charge in [0.2, 0.25) is 0 Å². The molecule has 120 valence electrons. The Morgan fingerprint density at radius 2 is 2.05 bits per heavy atom. The molecule has 1 fully saturated rings. The molecule has 0 saturated carbocycles. The predicted molar refractivity (Wildman–Crippen MR) is 91.7 cm³/mol. The number of allylic oxidation sites excluding steroid dienone is 2. The summed E-state index contributed by atoms with van der Waals surface area (Å²) in [6.07, 6.45) is 12.4. The fourth-order valence-corrected chi connectivity index (χ4v) is 4.32. The van der Waals surface area contributed by atoms with Crippen molar-refractivity contribution in [1.29, 1.82) is 0 Å². The van der Waals surface area contributed by atoms with Crippen molar-refractivity contribution in [1.82, 2.24) is 4.90 Å². The van der Waals surface area contributed by atoms with E-state index in [0.717, 1.165) is 6.54 Å². The van der Waals surface area contributed by atoms with Gasteiger partial charge in [0.25, 0.3) is 0 Å². The van der Waals surface area contributed by atoms with Crippen molar-refractivity contribution in [2.24, 2.45) is 5.41 Å². The number of aliphatic hydroxyl groups is 1. The summed E-state index contributed by atoms with van der Waals surface area (Å²) in [6, 6.07) is 11.2. The molecular weight excluding hydrogens is 270 g/mol. The summed E-state index contributed by atoms with van der Waals surface area (Å²) in [5.41, 5.74) is 1.68. The Hall–Kier alpha value is -1.12. The van der Waals surface area contributed by atoms with Gasteiger partial charge in [0.1, 0.15) is 0 Å². The van der Waals surface area contributed by atoms with Crippen molar-refractivity contribution in [2.75, 3.05) is 13.2 Å². The predicted octanol–water partition coefficient (Wildman–Crippen LogP) is 4.32. The molecule has 0 bridgehead atoms. The molecule has 1 saturated heterocycles. The molecule has 2 heteroatoms. The maximum Gasteiger partial charge on any atom is 0.0628 e. The van der Waals surface area contributed by atoms with Crippen LogP contribution in [-0.2, 0) is 0 Å². The van der Waals surface area contributed by atoms with Crippen molar-refractivity contribution in [3.8, 4) is 0 Å². The molecule has 3 atom stereocenters. The van der Waals surface area contributed by atoms with Crippen LogP contribution in [-0.4, -0.2) is 29.2 Å². The van der Waals surface area contributed by atoms with Gasteiger partial charge in [-0.2, -0.15) is 0 Å². The number of piperidine rings is 1. The second-order valence-electron chi connectivity index (χ2n) is 7.24. The summed E-state index contributed by atoms with van der Waals surface area (Å²) in [6.45, 7) is 3.66. The number of hydrogen-bond donors (Lipinski definition) is 1. The molecule has 0 aromatic heterocycles. The van der Waals surface area contributed by atoms with E-state index in [0.29, 0.717) is 11.5 Å². The average Bonchev–Trinajstić information content (AvgIpc) is 2.78. The van der Waals surface area contributed by atoms with Gasteiger partial charge in [0.05, 0.1) is 12.6 Å². The molecule has 1 N–H and O–H groups in total. The third kappa shape index (κ3) is 3.28. The van der Waals surface area contributed by atoms with Crippen molar-refractivity contribution < 1.29 is 5.11 Å². The van der Waals surface area contributed by atoms with Crippen molar-refractivity contribution in [2.45, 2.75) is 57.5 Å². The van der Waals surface area contributed by atoms with Crippen molar-refractivity contribution >= 4 is 0 Å². The zero-order chi connectivity index (χ0) is 15.4. The number of benzene rings is 1. The highest BCUT2D eigenvalue weighted by Gasteiger charge is 2.40. The molecular formula is C20H29NO. The summed E-state index contributed by atoms with van der Waals surface area (Å²) in [5, 5.41) is 10.0. The van der Waals surface area contributed by atoms with Crippen LogP contribution < -0.4 is 0 Å². The Morgan fingerprint density at radius 3 is 2.82 bits per heavy atom. The lowest BCUT2D eigenvalue weighted by atomic mass is 9.72. The molecule has 0 unspecified atom stereocenters. The van der Waals surface area contributed by atoms with Crippen LogP contribution in [0.1, 0.15) is 57.1 Å². The molecule has 0 amide bonds. The minimum absolute atomic E-state index is 0.139. The molecule has 2 nitrogen and oxygen atoms in total. The van der Waals surface area contributed by atoms with Crippen molar-refractivity contribution in [3.63, 3.8) is 0 Å². The Morgan fingerprint density at radius 1 is 1.23 bits per heavy atom. The van der Waals surface area contributed by atoms with Crippen LogP contribution in [0.2, 0.25) is 0 Å². The van der Waals surface area contributed by atoms with E-state index >= 15 is 0 Å². The second kappa shape index (κ2) is 6.97. The Balaban J connectivity index is 1.82. The zero-order valence-corrected chi connectivity index (χ0v) is 13.7. The zero-order valence-electron chi connectivity index (χ0n) is 13.7. The van der Waals surface area contributed by atoms with Crippen LogP contribution in [0.3, 0.4) is 0 Å². The van der Waals surface area contributed by atoms with E-state index in [9.17, 15) is 5.11 Å². The van der Waals surface area contributed by atoms with Crippen molar-refractivity contribution in [3.05, 3.63) is 48.0 Å². The third-order valence-corrected chi connectivity index (χ3v) is 5.73. The van der Waals surface area contributed by atoms with E-state index in [1.807, 2.05) is 0 Å². The lowest BCUT2D eigenvalue weighted by Crippen LogP contribution is -2.49. The van der Waals surface area contributed by atoms with Gasteiger partial charge in [-0.25, -0.2) is 0 Å². The van der Waals surface area contributed by atoms with Gasteiger partial charge >= 0.3 is 0 Å². The number of aliphatic hydroxyl groups excluding tert-OH is 1. The summed E-state index contributed by atoms with van der Waals surface area (Å²) in [7, 11) is 0. The lowest BCUT2D eigenvalue weighted by molar-refractivity contribution is -0.00606. The third-order valence-electron chi connectivity index (χ3n) is 5.73. The summed E-state index contributed by atoms with van der Waals surface area (Å²) < 4.78 is 0. The fraction of sp³-hybridized carbons (Fsp3) is 0.600. The van der Waals surface area contributed by atoms with Crippen LogP contribution in [0.25, 0.3) is 0 Å². The van der Waals surface area contributed by atoms with Gasteiger partial charge in [-0.15, -0.1) is 0 Å². The lowest BCUT2D eigenvalue weighted by Gasteiger charge is -2.49. The molecule has 3 rings (SSSR count). The average molecular weight is 299 g/mol. The topological polar surface area (TPSA) is 23.5 Å². The summed E-state index contributed by atoms with van der Waals surface area (Å²) in [4.78, 5) is 2.57. The first kappa shape index (κ1) is 15.8. The van der Waals surface area contributed by atoms with E-state index < -0.39 is 0 Å². The molecule has 1 spiro atoms. The van der Waals surface area contributed by atoms with Gasteiger partial charge in [-0.05, 0) is 56.4 Å². The quantitative estimate of drug-likeness (QED) is 0.840. The molecule has 1 heterocycles. The van der Waals surface area contributed by atoms with E-state index in [1.165, 1.54) is 44.1 Å². The van der Waals surface area contributed by atoms with Gasteiger partial charge < -0.3 is 5.11 Å². The van der Waals surface area contributed by atoms with Gasteiger partial charge in [0.15, 0.2) is 0 Å². The number of hydrogen-bond acceptors (Lipinski definition) is 2. The van der Waals surface area contributed by atoms with E-state index in [2.05, 4.69) is 54.3 Å². The molecule has 0 radical (unpaired) electrons.